The zero-order chi connectivity index (χ0) is 12.8. The average Bonchev–Trinajstić information content (AvgIpc) is 2.34. The van der Waals surface area contributed by atoms with Crippen molar-refractivity contribution in [3.05, 3.63) is 27.9 Å². The van der Waals surface area contributed by atoms with E-state index in [1.807, 2.05) is 27.7 Å². The molecule has 2 heterocycles. The highest BCUT2D eigenvalue weighted by molar-refractivity contribution is 6.29. The number of ether oxygens (including phenoxy) is 1. The molecule has 2 rings (SSSR count). The molecule has 0 aliphatic carbocycles. The Morgan fingerprint density at radius 1 is 1.47 bits per heavy atom. The molecule has 0 bridgehead atoms. The standard InChI is InChI=1S/C12H17ClN2O2/c1-11(2)6-8(12(3,4)17-11)15-7-14-9(13)5-10(15)16/h5,7-8H,6H2,1-4H3. The Balaban J connectivity index is 2.44. The van der Waals surface area contributed by atoms with E-state index in [9.17, 15) is 4.79 Å². The van der Waals surface area contributed by atoms with Gasteiger partial charge < -0.3 is 4.74 Å². The van der Waals surface area contributed by atoms with Crippen molar-refractivity contribution in [2.75, 3.05) is 0 Å². The van der Waals surface area contributed by atoms with E-state index in [2.05, 4.69) is 4.98 Å². The summed E-state index contributed by atoms with van der Waals surface area (Å²) in [6.07, 6.45) is 2.28. The summed E-state index contributed by atoms with van der Waals surface area (Å²) in [4.78, 5) is 15.9. The van der Waals surface area contributed by atoms with Crippen molar-refractivity contribution in [3.8, 4) is 0 Å². The Morgan fingerprint density at radius 3 is 2.59 bits per heavy atom. The predicted molar refractivity (Wildman–Crippen MR) is 66.4 cm³/mol. The van der Waals surface area contributed by atoms with Gasteiger partial charge >= 0.3 is 0 Å². The predicted octanol–water partition coefficient (Wildman–Crippen LogP) is 2.42. The summed E-state index contributed by atoms with van der Waals surface area (Å²) in [6.45, 7) is 8.05. The number of hydrogen-bond donors (Lipinski definition) is 0. The molecule has 5 heteroatoms. The Hall–Kier alpha value is -0.870. The summed E-state index contributed by atoms with van der Waals surface area (Å²) in [6, 6.07) is 1.32. The van der Waals surface area contributed by atoms with Crippen LogP contribution in [0.15, 0.2) is 17.2 Å². The van der Waals surface area contributed by atoms with Crippen LogP contribution in [-0.2, 0) is 4.74 Å². The lowest BCUT2D eigenvalue weighted by Crippen LogP contribution is -2.35. The normalized spacial score (nSPS) is 26.1. The first-order valence-electron chi connectivity index (χ1n) is 5.65. The van der Waals surface area contributed by atoms with E-state index in [0.717, 1.165) is 6.42 Å². The lowest BCUT2D eigenvalue weighted by molar-refractivity contribution is -0.0732. The zero-order valence-corrected chi connectivity index (χ0v) is 11.3. The van der Waals surface area contributed by atoms with Gasteiger partial charge in [-0.1, -0.05) is 11.6 Å². The first kappa shape index (κ1) is 12.6. The minimum atomic E-state index is -0.386. The van der Waals surface area contributed by atoms with Gasteiger partial charge in [-0.3, -0.25) is 9.36 Å². The van der Waals surface area contributed by atoms with Gasteiger partial charge in [0.25, 0.3) is 5.56 Å². The Morgan fingerprint density at radius 2 is 2.12 bits per heavy atom. The van der Waals surface area contributed by atoms with Crippen molar-refractivity contribution in [3.63, 3.8) is 0 Å². The van der Waals surface area contributed by atoms with E-state index in [-0.39, 0.29) is 28.0 Å². The molecule has 0 amide bonds. The van der Waals surface area contributed by atoms with Gasteiger partial charge in [-0.2, -0.15) is 0 Å². The van der Waals surface area contributed by atoms with Crippen LogP contribution < -0.4 is 5.56 Å². The molecule has 4 nitrogen and oxygen atoms in total. The monoisotopic (exact) mass is 256 g/mol. The summed E-state index contributed by atoms with van der Waals surface area (Å²) in [7, 11) is 0. The van der Waals surface area contributed by atoms with Gasteiger partial charge in [-0.15, -0.1) is 0 Å². The van der Waals surface area contributed by atoms with Gasteiger partial charge in [0.2, 0.25) is 0 Å². The van der Waals surface area contributed by atoms with E-state index in [4.69, 9.17) is 16.3 Å². The van der Waals surface area contributed by atoms with Crippen molar-refractivity contribution in [2.24, 2.45) is 0 Å². The average molecular weight is 257 g/mol. The van der Waals surface area contributed by atoms with Gasteiger partial charge in [0.1, 0.15) is 5.15 Å². The van der Waals surface area contributed by atoms with Crippen LogP contribution in [0.3, 0.4) is 0 Å². The maximum Gasteiger partial charge on any atom is 0.255 e. The van der Waals surface area contributed by atoms with Crippen LogP contribution in [-0.4, -0.2) is 20.8 Å². The number of rotatable bonds is 1. The van der Waals surface area contributed by atoms with Crippen LogP contribution in [0.4, 0.5) is 0 Å². The van der Waals surface area contributed by atoms with Gasteiger partial charge in [0.05, 0.1) is 23.6 Å². The van der Waals surface area contributed by atoms with Crippen LogP contribution in [0.25, 0.3) is 0 Å². The highest BCUT2D eigenvalue weighted by atomic mass is 35.5. The van der Waals surface area contributed by atoms with Crippen LogP contribution in [0, 0.1) is 0 Å². The Kier molecular flexibility index (Phi) is 2.83. The molecular weight excluding hydrogens is 240 g/mol. The third-order valence-corrected chi connectivity index (χ3v) is 3.37. The van der Waals surface area contributed by atoms with Gasteiger partial charge in [0, 0.05) is 6.07 Å². The van der Waals surface area contributed by atoms with Crippen LogP contribution >= 0.6 is 11.6 Å². The van der Waals surface area contributed by atoms with E-state index in [1.54, 1.807) is 4.57 Å². The minimum Gasteiger partial charge on any atom is -0.367 e. The van der Waals surface area contributed by atoms with E-state index in [0.29, 0.717) is 0 Å². The third-order valence-electron chi connectivity index (χ3n) is 3.17. The smallest absolute Gasteiger partial charge is 0.255 e. The van der Waals surface area contributed by atoms with Crippen LogP contribution in [0.2, 0.25) is 5.15 Å². The highest BCUT2D eigenvalue weighted by Gasteiger charge is 2.47. The summed E-state index contributed by atoms with van der Waals surface area (Å²) in [5.74, 6) is 0. The summed E-state index contributed by atoms with van der Waals surface area (Å²) >= 11 is 5.70. The van der Waals surface area contributed by atoms with Crippen LogP contribution in [0.5, 0.6) is 0 Å². The zero-order valence-electron chi connectivity index (χ0n) is 10.5. The molecule has 0 aromatic carbocycles. The van der Waals surface area contributed by atoms with Crippen molar-refractivity contribution in [2.45, 2.75) is 51.4 Å². The topological polar surface area (TPSA) is 44.1 Å². The molecule has 0 radical (unpaired) electrons. The summed E-state index contributed by atoms with van der Waals surface area (Å²) in [5.41, 5.74) is -0.750. The maximum atomic E-state index is 11.9. The Labute approximate surface area is 106 Å². The summed E-state index contributed by atoms with van der Waals surface area (Å²) in [5, 5.41) is 0.224. The molecule has 1 saturated heterocycles. The van der Waals surface area contributed by atoms with Crippen molar-refractivity contribution < 1.29 is 4.74 Å². The molecule has 1 aromatic heterocycles. The molecule has 1 aliphatic rings. The highest BCUT2D eigenvalue weighted by Crippen LogP contribution is 2.44. The van der Waals surface area contributed by atoms with Gasteiger partial charge in [-0.05, 0) is 34.1 Å². The minimum absolute atomic E-state index is 0.0187. The second kappa shape index (κ2) is 3.82. The molecule has 1 unspecified atom stereocenters. The number of aromatic nitrogens is 2. The van der Waals surface area contributed by atoms with Gasteiger partial charge in [0.15, 0.2) is 0 Å². The molecule has 94 valence electrons. The van der Waals surface area contributed by atoms with Gasteiger partial charge in [-0.25, -0.2) is 4.98 Å². The molecule has 1 fully saturated rings. The number of nitrogens with zero attached hydrogens (tertiary/aromatic N) is 2. The van der Waals surface area contributed by atoms with E-state index >= 15 is 0 Å². The molecule has 0 spiro atoms. The molecule has 0 saturated carbocycles. The molecule has 1 atom stereocenters. The largest absolute Gasteiger partial charge is 0.367 e. The second-order valence-electron chi connectivity index (χ2n) is 5.64. The molecular formula is C12H17ClN2O2. The molecule has 17 heavy (non-hydrogen) atoms. The fraction of sp³-hybridized carbons (Fsp3) is 0.667. The number of hydrogen-bond acceptors (Lipinski definition) is 3. The fourth-order valence-corrected chi connectivity index (χ4v) is 2.73. The van der Waals surface area contributed by atoms with Crippen LogP contribution in [0.1, 0.15) is 40.2 Å². The lowest BCUT2D eigenvalue weighted by Gasteiger charge is -2.28. The molecule has 1 aliphatic heterocycles. The lowest BCUT2D eigenvalue weighted by atomic mass is 9.94. The quantitative estimate of drug-likeness (QED) is 0.725. The molecule has 0 N–H and O–H groups in total. The van der Waals surface area contributed by atoms with Crippen molar-refractivity contribution in [1.29, 1.82) is 0 Å². The van der Waals surface area contributed by atoms with Crippen molar-refractivity contribution >= 4 is 11.6 Å². The summed E-state index contributed by atoms with van der Waals surface area (Å²) < 4.78 is 7.58. The fourth-order valence-electron chi connectivity index (χ4n) is 2.59. The SMILES string of the molecule is CC1(C)CC(n2cnc(Cl)cc2=O)C(C)(C)O1. The van der Waals surface area contributed by atoms with Crippen molar-refractivity contribution in [1.82, 2.24) is 9.55 Å². The maximum absolute atomic E-state index is 11.9. The third kappa shape index (κ3) is 2.38. The molecule has 1 aromatic rings. The first-order chi connectivity index (χ1) is 7.71. The Bertz CT molecular complexity index is 494. The number of halogens is 1. The first-order valence-corrected chi connectivity index (χ1v) is 6.03. The van der Waals surface area contributed by atoms with E-state index in [1.165, 1.54) is 12.4 Å². The van der Waals surface area contributed by atoms with E-state index < -0.39 is 0 Å². The second-order valence-corrected chi connectivity index (χ2v) is 6.03.